The maximum absolute atomic E-state index is 12.6. The third-order valence-corrected chi connectivity index (χ3v) is 5.82. The first kappa shape index (κ1) is 21.1. The molecule has 7 heteroatoms. The molecule has 3 amide bonds. The van der Waals surface area contributed by atoms with Crippen LogP contribution < -0.4 is 10.2 Å². The number of amides is 3. The van der Waals surface area contributed by atoms with Crippen LogP contribution in [0, 0.1) is 0 Å². The highest BCUT2D eigenvalue weighted by Gasteiger charge is 2.35. The molecule has 0 atom stereocenters. The molecule has 162 valence electrons. The molecular formula is C24H27N3O4. The Bertz CT molecular complexity index is 981. The van der Waals surface area contributed by atoms with Crippen molar-refractivity contribution in [2.75, 3.05) is 38.3 Å². The fourth-order valence-corrected chi connectivity index (χ4v) is 4.09. The van der Waals surface area contributed by atoms with E-state index >= 15 is 0 Å². The van der Waals surface area contributed by atoms with Gasteiger partial charge in [-0.25, -0.2) is 0 Å². The van der Waals surface area contributed by atoms with Gasteiger partial charge in [0.15, 0.2) is 0 Å². The Balaban J connectivity index is 1.38. The van der Waals surface area contributed by atoms with E-state index in [0.29, 0.717) is 37.2 Å². The van der Waals surface area contributed by atoms with Crippen molar-refractivity contribution in [1.29, 1.82) is 0 Å². The zero-order valence-corrected chi connectivity index (χ0v) is 17.7. The number of ether oxygens (including phenoxy) is 1. The fraction of sp³-hybridized carbons (Fsp3) is 0.375. The average molecular weight is 421 g/mol. The fourth-order valence-electron chi connectivity index (χ4n) is 4.09. The topological polar surface area (TPSA) is 79.0 Å². The summed E-state index contributed by atoms with van der Waals surface area (Å²) in [7, 11) is 1.58. The highest BCUT2D eigenvalue weighted by molar-refractivity contribution is 6.22. The van der Waals surface area contributed by atoms with Crippen LogP contribution >= 0.6 is 0 Å². The van der Waals surface area contributed by atoms with Gasteiger partial charge in [0.1, 0.15) is 0 Å². The van der Waals surface area contributed by atoms with Gasteiger partial charge in [0, 0.05) is 51.1 Å². The normalized spacial score (nSPS) is 15.5. The maximum atomic E-state index is 12.6. The van der Waals surface area contributed by atoms with E-state index in [1.54, 1.807) is 19.2 Å². The molecule has 0 radical (unpaired) electrons. The van der Waals surface area contributed by atoms with Crippen LogP contribution in [0.25, 0.3) is 0 Å². The van der Waals surface area contributed by atoms with E-state index in [0.717, 1.165) is 18.7 Å². The highest BCUT2D eigenvalue weighted by atomic mass is 16.5. The van der Waals surface area contributed by atoms with Crippen LogP contribution in [-0.4, -0.2) is 56.0 Å². The molecule has 7 nitrogen and oxygen atoms in total. The second kappa shape index (κ2) is 9.31. The number of benzene rings is 2. The van der Waals surface area contributed by atoms with Gasteiger partial charge in [-0.1, -0.05) is 12.1 Å². The molecule has 2 heterocycles. The number of nitrogens with zero attached hydrogens (tertiary/aromatic N) is 2. The van der Waals surface area contributed by atoms with Crippen LogP contribution in [0.3, 0.4) is 0 Å². The van der Waals surface area contributed by atoms with Gasteiger partial charge in [0.2, 0.25) is 0 Å². The van der Waals surface area contributed by atoms with Crippen LogP contribution in [0.1, 0.15) is 55.9 Å². The third-order valence-electron chi connectivity index (χ3n) is 5.82. The number of imide groups is 1. The predicted molar refractivity (Wildman–Crippen MR) is 117 cm³/mol. The molecule has 0 unspecified atom stereocenters. The SMILES string of the molecule is COCCCN1C(=O)c2ccc(C(=O)NCc3ccc(N4CCCC4)cc3)cc2C1=O. The largest absolute Gasteiger partial charge is 0.385 e. The van der Waals surface area contributed by atoms with Crippen molar-refractivity contribution in [3.8, 4) is 0 Å². The lowest BCUT2D eigenvalue weighted by molar-refractivity contribution is 0.0638. The number of hydrogen-bond donors (Lipinski definition) is 1. The molecule has 1 N–H and O–H groups in total. The van der Waals surface area contributed by atoms with Gasteiger partial charge in [0.05, 0.1) is 11.1 Å². The van der Waals surface area contributed by atoms with E-state index in [-0.39, 0.29) is 23.3 Å². The van der Waals surface area contributed by atoms with Crippen LogP contribution in [-0.2, 0) is 11.3 Å². The Morgan fingerprint density at radius 3 is 2.42 bits per heavy atom. The number of rotatable bonds is 8. The summed E-state index contributed by atoms with van der Waals surface area (Å²) in [6.45, 7) is 3.36. The summed E-state index contributed by atoms with van der Waals surface area (Å²) in [5.74, 6) is -0.950. The van der Waals surface area contributed by atoms with Gasteiger partial charge in [-0.2, -0.15) is 0 Å². The number of anilines is 1. The van der Waals surface area contributed by atoms with E-state index in [1.165, 1.54) is 29.5 Å². The van der Waals surface area contributed by atoms with E-state index in [1.807, 2.05) is 12.1 Å². The number of fused-ring (bicyclic) bond motifs is 1. The third kappa shape index (κ3) is 4.46. The molecule has 0 bridgehead atoms. The molecule has 4 rings (SSSR count). The van der Waals surface area contributed by atoms with Gasteiger partial charge < -0.3 is 15.0 Å². The van der Waals surface area contributed by atoms with Gasteiger partial charge in [-0.15, -0.1) is 0 Å². The molecular weight excluding hydrogens is 394 g/mol. The number of methoxy groups -OCH3 is 1. The second-order valence-corrected chi connectivity index (χ2v) is 7.91. The first-order valence-electron chi connectivity index (χ1n) is 10.7. The predicted octanol–water partition coefficient (Wildman–Crippen LogP) is 2.85. The van der Waals surface area contributed by atoms with Gasteiger partial charge in [-0.3, -0.25) is 19.3 Å². The molecule has 2 aromatic carbocycles. The van der Waals surface area contributed by atoms with E-state index < -0.39 is 0 Å². The lowest BCUT2D eigenvalue weighted by atomic mass is 10.1. The maximum Gasteiger partial charge on any atom is 0.261 e. The summed E-state index contributed by atoms with van der Waals surface area (Å²) in [6, 6.07) is 12.9. The van der Waals surface area contributed by atoms with Crippen molar-refractivity contribution in [2.24, 2.45) is 0 Å². The number of hydrogen-bond acceptors (Lipinski definition) is 5. The monoisotopic (exact) mass is 421 g/mol. The second-order valence-electron chi connectivity index (χ2n) is 7.91. The first-order chi connectivity index (χ1) is 15.1. The minimum atomic E-state index is -0.358. The van der Waals surface area contributed by atoms with Crippen molar-refractivity contribution in [1.82, 2.24) is 10.2 Å². The molecule has 2 aliphatic heterocycles. The Labute approximate surface area is 182 Å². The van der Waals surface area contributed by atoms with Crippen LogP contribution in [0.5, 0.6) is 0 Å². The van der Waals surface area contributed by atoms with Gasteiger partial charge >= 0.3 is 0 Å². The van der Waals surface area contributed by atoms with Crippen molar-refractivity contribution in [3.05, 3.63) is 64.7 Å². The smallest absolute Gasteiger partial charge is 0.261 e. The number of carbonyl (C=O) groups is 3. The minimum absolute atomic E-state index is 0.274. The van der Waals surface area contributed by atoms with E-state index in [4.69, 9.17) is 4.74 Å². The first-order valence-corrected chi connectivity index (χ1v) is 10.7. The Morgan fingerprint density at radius 2 is 1.71 bits per heavy atom. The average Bonchev–Trinajstić information content (AvgIpc) is 3.41. The molecule has 0 aromatic heterocycles. The molecule has 0 spiro atoms. The zero-order chi connectivity index (χ0) is 21.8. The van der Waals surface area contributed by atoms with Crippen molar-refractivity contribution in [2.45, 2.75) is 25.8 Å². The van der Waals surface area contributed by atoms with Crippen molar-refractivity contribution >= 4 is 23.4 Å². The van der Waals surface area contributed by atoms with Gasteiger partial charge in [0.25, 0.3) is 17.7 Å². The van der Waals surface area contributed by atoms with Crippen LogP contribution in [0.2, 0.25) is 0 Å². The van der Waals surface area contributed by atoms with Crippen LogP contribution in [0.15, 0.2) is 42.5 Å². The lowest BCUT2D eigenvalue weighted by Crippen LogP contribution is -2.31. The summed E-state index contributed by atoms with van der Waals surface area (Å²) >= 11 is 0. The molecule has 1 fully saturated rings. The quantitative estimate of drug-likeness (QED) is 0.524. The van der Waals surface area contributed by atoms with E-state index in [2.05, 4.69) is 22.3 Å². The Kier molecular flexibility index (Phi) is 6.32. The molecule has 0 aliphatic carbocycles. The van der Waals surface area contributed by atoms with E-state index in [9.17, 15) is 14.4 Å². The summed E-state index contributed by atoms with van der Waals surface area (Å²) in [6.07, 6.45) is 3.04. The summed E-state index contributed by atoms with van der Waals surface area (Å²) in [5.41, 5.74) is 3.21. The zero-order valence-electron chi connectivity index (χ0n) is 17.7. The van der Waals surface area contributed by atoms with Crippen molar-refractivity contribution in [3.63, 3.8) is 0 Å². The standard InChI is InChI=1S/C24H27N3O4/c1-31-14-4-13-27-23(29)20-10-7-18(15-21(20)24(27)30)22(28)25-16-17-5-8-19(9-6-17)26-11-2-3-12-26/h5-10,15H,2-4,11-14,16H2,1H3,(H,25,28). The number of nitrogens with one attached hydrogen (secondary N) is 1. The minimum Gasteiger partial charge on any atom is -0.385 e. The number of carbonyl (C=O) groups excluding carboxylic acids is 3. The molecule has 1 saturated heterocycles. The Hall–Kier alpha value is -3.19. The van der Waals surface area contributed by atoms with Crippen LogP contribution in [0.4, 0.5) is 5.69 Å². The molecule has 0 saturated carbocycles. The molecule has 2 aromatic rings. The molecule has 2 aliphatic rings. The van der Waals surface area contributed by atoms with Gasteiger partial charge in [-0.05, 0) is 55.2 Å². The highest BCUT2D eigenvalue weighted by Crippen LogP contribution is 2.24. The summed E-state index contributed by atoms with van der Waals surface area (Å²) in [5, 5.41) is 2.90. The molecule has 31 heavy (non-hydrogen) atoms. The lowest BCUT2D eigenvalue weighted by Gasteiger charge is -2.17. The Morgan fingerprint density at radius 1 is 1.00 bits per heavy atom. The summed E-state index contributed by atoms with van der Waals surface area (Å²) < 4.78 is 4.99. The summed E-state index contributed by atoms with van der Waals surface area (Å²) in [4.78, 5) is 41.3. The van der Waals surface area contributed by atoms with Crippen molar-refractivity contribution < 1.29 is 19.1 Å².